The van der Waals surface area contributed by atoms with Crippen molar-refractivity contribution < 1.29 is 0 Å². The minimum absolute atomic E-state index is 0.445. The highest BCUT2D eigenvalue weighted by Crippen LogP contribution is 2.41. The summed E-state index contributed by atoms with van der Waals surface area (Å²) in [6.07, 6.45) is 24.8. The lowest BCUT2D eigenvalue weighted by Gasteiger charge is -2.51. The Hall–Kier alpha value is -0.160. The molecule has 0 amide bonds. The molecule has 2 aliphatic rings. The molecule has 0 spiro atoms. The Morgan fingerprint density at radius 3 is 1.12 bits per heavy atom. The van der Waals surface area contributed by atoms with Gasteiger partial charge in [0.1, 0.15) is 0 Å². The van der Waals surface area contributed by atoms with E-state index in [4.69, 9.17) is 0 Å². The molecule has 0 aromatic carbocycles. The lowest BCUT2D eigenvalue weighted by Crippen LogP contribution is -2.57. The molecule has 4 nitrogen and oxygen atoms in total. The SMILES string of the molecule is CCCN(CCC)C1(C(C)CNCCCCCCNCC(C)C2(N(CCC)CCC)CCCCC2)CCCCC1. The van der Waals surface area contributed by atoms with Crippen LogP contribution in [0.3, 0.4) is 0 Å². The maximum Gasteiger partial charge on any atom is 0.0247 e. The van der Waals surface area contributed by atoms with Gasteiger partial charge in [-0.1, -0.05) is 92.9 Å². The zero-order valence-corrected chi connectivity index (χ0v) is 28.4. The van der Waals surface area contributed by atoms with Crippen LogP contribution in [0.4, 0.5) is 0 Å². The van der Waals surface area contributed by atoms with Crippen LogP contribution in [0.1, 0.15) is 157 Å². The number of nitrogens with one attached hydrogen (secondary N) is 2. The van der Waals surface area contributed by atoms with Crippen LogP contribution in [-0.2, 0) is 0 Å². The first kappa shape index (κ1) is 36.0. The van der Waals surface area contributed by atoms with Gasteiger partial charge in [0.2, 0.25) is 0 Å². The summed E-state index contributed by atoms with van der Waals surface area (Å²) in [5.41, 5.74) is 0.890. The molecule has 2 fully saturated rings. The molecule has 2 saturated carbocycles. The van der Waals surface area contributed by atoms with Gasteiger partial charge in [0.25, 0.3) is 0 Å². The van der Waals surface area contributed by atoms with Gasteiger partial charge < -0.3 is 10.6 Å². The first-order valence-electron chi connectivity index (χ1n) is 18.4. The minimum atomic E-state index is 0.445. The van der Waals surface area contributed by atoms with E-state index >= 15 is 0 Å². The van der Waals surface area contributed by atoms with Gasteiger partial charge in [-0.05, 0) is 128 Å². The number of rotatable bonds is 23. The second-order valence-electron chi connectivity index (χ2n) is 13.9. The molecule has 0 aliphatic heterocycles. The zero-order valence-electron chi connectivity index (χ0n) is 28.4. The molecule has 2 unspecified atom stereocenters. The van der Waals surface area contributed by atoms with Gasteiger partial charge in [-0.15, -0.1) is 0 Å². The summed E-state index contributed by atoms with van der Waals surface area (Å²) in [7, 11) is 0. The summed E-state index contributed by atoms with van der Waals surface area (Å²) < 4.78 is 0. The van der Waals surface area contributed by atoms with Crippen molar-refractivity contribution in [2.45, 2.75) is 168 Å². The first-order valence-corrected chi connectivity index (χ1v) is 18.4. The number of nitrogens with zero attached hydrogens (tertiary/aromatic N) is 2. The Labute approximate surface area is 252 Å². The molecule has 238 valence electrons. The van der Waals surface area contributed by atoms with Crippen LogP contribution in [-0.4, -0.2) is 73.2 Å². The van der Waals surface area contributed by atoms with E-state index in [-0.39, 0.29) is 0 Å². The zero-order chi connectivity index (χ0) is 29.1. The molecule has 4 heteroatoms. The van der Waals surface area contributed by atoms with Gasteiger partial charge in [-0.2, -0.15) is 0 Å². The third-order valence-corrected chi connectivity index (χ3v) is 10.9. The molecule has 2 aliphatic carbocycles. The van der Waals surface area contributed by atoms with E-state index in [1.807, 2.05) is 0 Å². The number of unbranched alkanes of at least 4 members (excludes halogenated alkanes) is 3. The molecule has 0 radical (unpaired) electrons. The van der Waals surface area contributed by atoms with E-state index in [2.05, 4.69) is 62.0 Å². The van der Waals surface area contributed by atoms with Gasteiger partial charge in [0.15, 0.2) is 0 Å². The van der Waals surface area contributed by atoms with E-state index < -0.39 is 0 Å². The number of hydrogen-bond acceptors (Lipinski definition) is 4. The molecule has 0 heterocycles. The summed E-state index contributed by atoms with van der Waals surface area (Å²) in [6.45, 7) is 24.4. The lowest BCUT2D eigenvalue weighted by molar-refractivity contribution is 0.00409. The van der Waals surface area contributed by atoms with Crippen LogP contribution >= 0.6 is 0 Å². The molecular formula is C36H74N4. The summed E-state index contributed by atoms with van der Waals surface area (Å²) in [5.74, 6) is 1.49. The Morgan fingerprint density at radius 1 is 0.500 bits per heavy atom. The van der Waals surface area contributed by atoms with Gasteiger partial charge in [0.05, 0.1) is 0 Å². The molecule has 0 aromatic heterocycles. The van der Waals surface area contributed by atoms with E-state index in [9.17, 15) is 0 Å². The monoisotopic (exact) mass is 563 g/mol. The third-order valence-electron chi connectivity index (χ3n) is 10.9. The molecule has 2 atom stereocenters. The average Bonchev–Trinajstić information content (AvgIpc) is 2.98. The van der Waals surface area contributed by atoms with Gasteiger partial charge >= 0.3 is 0 Å². The summed E-state index contributed by atoms with van der Waals surface area (Å²) in [5, 5.41) is 7.78. The lowest BCUT2D eigenvalue weighted by atomic mass is 9.71. The van der Waals surface area contributed by atoms with Crippen LogP contribution in [0.25, 0.3) is 0 Å². The summed E-state index contributed by atoms with van der Waals surface area (Å²) in [4.78, 5) is 5.79. The summed E-state index contributed by atoms with van der Waals surface area (Å²) >= 11 is 0. The fourth-order valence-corrected chi connectivity index (χ4v) is 8.63. The molecule has 0 aromatic rings. The van der Waals surface area contributed by atoms with Crippen molar-refractivity contribution in [3.63, 3.8) is 0 Å². The van der Waals surface area contributed by atoms with Crippen molar-refractivity contribution in [1.29, 1.82) is 0 Å². The highest BCUT2D eigenvalue weighted by atomic mass is 15.2. The fraction of sp³-hybridized carbons (Fsp3) is 1.00. The second-order valence-corrected chi connectivity index (χ2v) is 13.9. The van der Waals surface area contributed by atoms with Crippen molar-refractivity contribution >= 4 is 0 Å². The molecular weight excluding hydrogens is 488 g/mol. The number of hydrogen-bond donors (Lipinski definition) is 2. The van der Waals surface area contributed by atoms with Crippen LogP contribution in [0.2, 0.25) is 0 Å². The standard InChI is InChI=1S/C36H74N4/c1-7-27-39(28-8-2)35(21-15-13-16-22-35)33(5)31-37-25-19-11-12-20-26-38-32-34(6)36(23-17-14-18-24-36)40(29-9-3)30-10-4/h33-34,37-38H,7-32H2,1-6H3. The highest BCUT2D eigenvalue weighted by Gasteiger charge is 2.42. The topological polar surface area (TPSA) is 30.5 Å². The van der Waals surface area contributed by atoms with Gasteiger partial charge in [0, 0.05) is 11.1 Å². The van der Waals surface area contributed by atoms with Crippen molar-refractivity contribution in [3.8, 4) is 0 Å². The van der Waals surface area contributed by atoms with Crippen molar-refractivity contribution in [1.82, 2.24) is 20.4 Å². The van der Waals surface area contributed by atoms with Crippen LogP contribution in [0, 0.1) is 11.8 Å². The predicted octanol–water partition coefficient (Wildman–Crippen LogP) is 8.65. The van der Waals surface area contributed by atoms with Gasteiger partial charge in [-0.25, -0.2) is 0 Å². The molecule has 0 saturated heterocycles. The molecule has 2 rings (SSSR count). The Kier molecular flexibility index (Phi) is 18.6. The third kappa shape index (κ3) is 10.8. The molecule has 2 N–H and O–H groups in total. The van der Waals surface area contributed by atoms with E-state index in [0.29, 0.717) is 11.1 Å². The maximum atomic E-state index is 3.89. The highest BCUT2D eigenvalue weighted by molar-refractivity contribution is 4.99. The van der Waals surface area contributed by atoms with E-state index in [1.54, 1.807) is 0 Å². The van der Waals surface area contributed by atoms with Crippen molar-refractivity contribution in [2.75, 3.05) is 52.4 Å². The molecule has 0 bridgehead atoms. The quantitative estimate of drug-likeness (QED) is 0.122. The van der Waals surface area contributed by atoms with E-state index in [0.717, 1.165) is 11.8 Å². The molecule has 40 heavy (non-hydrogen) atoms. The predicted molar refractivity (Wildman–Crippen MR) is 178 cm³/mol. The van der Waals surface area contributed by atoms with Crippen LogP contribution < -0.4 is 10.6 Å². The van der Waals surface area contributed by atoms with Gasteiger partial charge in [-0.3, -0.25) is 9.80 Å². The Balaban J connectivity index is 1.65. The first-order chi connectivity index (χ1) is 19.5. The second kappa shape index (κ2) is 20.7. The Bertz CT molecular complexity index is 532. The van der Waals surface area contributed by atoms with E-state index in [1.165, 1.54) is 168 Å². The Morgan fingerprint density at radius 2 is 0.825 bits per heavy atom. The van der Waals surface area contributed by atoms with Crippen molar-refractivity contribution in [3.05, 3.63) is 0 Å². The van der Waals surface area contributed by atoms with Crippen LogP contribution in [0.15, 0.2) is 0 Å². The largest absolute Gasteiger partial charge is 0.316 e. The average molecular weight is 563 g/mol. The van der Waals surface area contributed by atoms with Crippen LogP contribution in [0.5, 0.6) is 0 Å². The fourth-order valence-electron chi connectivity index (χ4n) is 8.63. The smallest absolute Gasteiger partial charge is 0.0247 e. The van der Waals surface area contributed by atoms with Crippen molar-refractivity contribution in [2.24, 2.45) is 11.8 Å². The normalized spacial score (nSPS) is 20.7. The minimum Gasteiger partial charge on any atom is -0.316 e. The summed E-state index contributed by atoms with van der Waals surface area (Å²) in [6, 6.07) is 0. The maximum absolute atomic E-state index is 3.89.